The first-order valence-electron chi connectivity index (χ1n) is 8.26. The van der Waals surface area contributed by atoms with Crippen LogP contribution < -0.4 is 5.32 Å². The lowest BCUT2D eigenvalue weighted by Crippen LogP contribution is -2.05. The van der Waals surface area contributed by atoms with E-state index in [0.717, 1.165) is 59.4 Å². The quantitative estimate of drug-likeness (QED) is 0.739. The summed E-state index contributed by atoms with van der Waals surface area (Å²) in [4.78, 5) is 16.0. The van der Waals surface area contributed by atoms with E-state index in [1.807, 2.05) is 6.92 Å². The summed E-state index contributed by atoms with van der Waals surface area (Å²) in [6.45, 7) is 5.41. The summed E-state index contributed by atoms with van der Waals surface area (Å²) < 4.78 is 5.62. The molecule has 126 valence electrons. The van der Waals surface area contributed by atoms with E-state index in [0.29, 0.717) is 6.54 Å². The number of H-pyrrole nitrogens is 1. The van der Waals surface area contributed by atoms with E-state index >= 15 is 0 Å². The molecule has 4 rings (SSSR count). The number of anilines is 1. The van der Waals surface area contributed by atoms with Gasteiger partial charge in [0.25, 0.3) is 0 Å². The molecule has 1 unspecified atom stereocenters. The minimum absolute atomic E-state index is 0.0342. The summed E-state index contributed by atoms with van der Waals surface area (Å²) in [6, 6.07) is 2.17. The molecule has 0 bridgehead atoms. The highest BCUT2D eigenvalue weighted by Crippen LogP contribution is 2.29. The molecule has 4 heterocycles. The van der Waals surface area contributed by atoms with Gasteiger partial charge in [-0.1, -0.05) is 6.92 Å². The average molecular weight is 344 g/mol. The van der Waals surface area contributed by atoms with E-state index in [2.05, 4.69) is 43.5 Å². The van der Waals surface area contributed by atoms with Crippen LogP contribution in [-0.4, -0.2) is 31.8 Å². The molecule has 3 aromatic rings. The van der Waals surface area contributed by atoms with Crippen LogP contribution in [0.25, 0.3) is 10.2 Å². The zero-order chi connectivity index (χ0) is 16.5. The zero-order valence-electron chi connectivity index (χ0n) is 13.8. The van der Waals surface area contributed by atoms with Gasteiger partial charge in [0.05, 0.1) is 11.9 Å². The second-order valence-electron chi connectivity index (χ2n) is 5.90. The van der Waals surface area contributed by atoms with Gasteiger partial charge in [0.2, 0.25) is 0 Å². The van der Waals surface area contributed by atoms with Crippen LogP contribution >= 0.6 is 11.3 Å². The molecule has 1 aliphatic rings. The third-order valence-electron chi connectivity index (χ3n) is 4.09. The van der Waals surface area contributed by atoms with Crippen molar-refractivity contribution >= 4 is 27.4 Å². The molecule has 0 radical (unpaired) electrons. The maximum Gasteiger partial charge on any atom is 0.179 e. The Morgan fingerprint density at radius 2 is 2.29 bits per heavy atom. The maximum absolute atomic E-state index is 5.62. The lowest BCUT2D eigenvalue weighted by atomic mass is 10.2. The number of rotatable bonds is 5. The van der Waals surface area contributed by atoms with Gasteiger partial charge in [-0.15, -0.1) is 11.3 Å². The highest BCUT2D eigenvalue weighted by Gasteiger charge is 2.22. The third kappa shape index (κ3) is 2.99. The first-order chi connectivity index (χ1) is 11.7. The van der Waals surface area contributed by atoms with Gasteiger partial charge in [-0.3, -0.25) is 5.10 Å². The molecule has 2 N–H and O–H groups in total. The molecular formula is C16H20N6OS. The lowest BCUT2D eigenvalue weighted by Gasteiger charge is -2.06. The van der Waals surface area contributed by atoms with Gasteiger partial charge < -0.3 is 10.1 Å². The Balaban J connectivity index is 1.53. The average Bonchev–Trinajstić information content (AvgIpc) is 3.30. The molecule has 0 aromatic carbocycles. The Hall–Kier alpha value is -2.06. The van der Waals surface area contributed by atoms with E-state index in [1.54, 1.807) is 11.3 Å². The number of nitrogens with one attached hydrogen (secondary N) is 2. The molecule has 0 amide bonds. The number of aryl methyl sites for hydroxylation is 2. The predicted octanol–water partition coefficient (Wildman–Crippen LogP) is 3.14. The van der Waals surface area contributed by atoms with Gasteiger partial charge in [0.1, 0.15) is 28.4 Å². The molecule has 0 aliphatic carbocycles. The van der Waals surface area contributed by atoms with Gasteiger partial charge >= 0.3 is 0 Å². The van der Waals surface area contributed by atoms with Crippen LogP contribution in [0.1, 0.15) is 48.2 Å². The van der Waals surface area contributed by atoms with Crippen LogP contribution in [-0.2, 0) is 17.7 Å². The van der Waals surface area contributed by atoms with Crippen LogP contribution in [0.15, 0.2) is 6.07 Å². The van der Waals surface area contributed by atoms with Crippen LogP contribution in [0, 0.1) is 6.92 Å². The Labute approximate surface area is 143 Å². The maximum atomic E-state index is 5.62. The van der Waals surface area contributed by atoms with Gasteiger partial charge in [0, 0.05) is 11.5 Å². The normalized spacial score (nSPS) is 17.7. The minimum Gasteiger partial charge on any atom is -0.370 e. The van der Waals surface area contributed by atoms with Crippen LogP contribution in [0.5, 0.6) is 0 Å². The number of thiophene rings is 1. The first-order valence-corrected chi connectivity index (χ1v) is 9.08. The molecule has 0 saturated carbocycles. The molecular weight excluding hydrogens is 324 g/mol. The molecule has 8 heteroatoms. The van der Waals surface area contributed by atoms with Crippen molar-refractivity contribution in [2.45, 2.75) is 45.8 Å². The Bertz CT molecular complexity index is 851. The second kappa shape index (κ2) is 6.45. The number of hydrogen-bond donors (Lipinski definition) is 2. The topological polar surface area (TPSA) is 88.6 Å². The summed E-state index contributed by atoms with van der Waals surface area (Å²) in [7, 11) is 0. The van der Waals surface area contributed by atoms with Crippen molar-refractivity contribution in [3.63, 3.8) is 0 Å². The summed E-state index contributed by atoms with van der Waals surface area (Å²) in [6.07, 6.45) is 3.10. The van der Waals surface area contributed by atoms with Crippen molar-refractivity contribution in [2.24, 2.45) is 0 Å². The molecule has 0 spiro atoms. The summed E-state index contributed by atoms with van der Waals surface area (Å²) >= 11 is 1.72. The first kappa shape index (κ1) is 15.5. The number of hydrogen-bond acceptors (Lipinski definition) is 7. The molecule has 3 aromatic heterocycles. The largest absolute Gasteiger partial charge is 0.370 e. The number of aromatic amines is 1. The predicted molar refractivity (Wildman–Crippen MR) is 93.2 cm³/mol. The monoisotopic (exact) mass is 344 g/mol. The van der Waals surface area contributed by atoms with E-state index < -0.39 is 0 Å². The van der Waals surface area contributed by atoms with Crippen molar-refractivity contribution in [1.29, 1.82) is 0 Å². The van der Waals surface area contributed by atoms with Crippen LogP contribution in [0.2, 0.25) is 0 Å². The van der Waals surface area contributed by atoms with Gasteiger partial charge in [0.15, 0.2) is 5.82 Å². The van der Waals surface area contributed by atoms with E-state index in [4.69, 9.17) is 4.74 Å². The number of fused-ring (bicyclic) bond motifs is 1. The third-order valence-corrected chi connectivity index (χ3v) is 5.27. The molecule has 1 fully saturated rings. The van der Waals surface area contributed by atoms with Gasteiger partial charge in [-0.2, -0.15) is 5.10 Å². The Kier molecular flexibility index (Phi) is 4.15. The molecule has 7 nitrogen and oxygen atoms in total. The lowest BCUT2D eigenvalue weighted by molar-refractivity contribution is 0.105. The number of ether oxygens (including phenoxy) is 1. The summed E-state index contributed by atoms with van der Waals surface area (Å²) in [5.74, 6) is 3.16. The van der Waals surface area contributed by atoms with Crippen LogP contribution in [0.3, 0.4) is 0 Å². The van der Waals surface area contributed by atoms with Crippen molar-refractivity contribution in [1.82, 2.24) is 25.1 Å². The van der Waals surface area contributed by atoms with Crippen molar-refractivity contribution in [3.05, 3.63) is 28.4 Å². The highest BCUT2D eigenvalue weighted by atomic mass is 32.1. The number of aromatic nitrogens is 5. The summed E-state index contributed by atoms with van der Waals surface area (Å²) in [5.41, 5.74) is 0. The van der Waals surface area contributed by atoms with Crippen molar-refractivity contribution in [3.8, 4) is 0 Å². The Morgan fingerprint density at radius 1 is 1.38 bits per heavy atom. The molecule has 1 atom stereocenters. The zero-order valence-corrected chi connectivity index (χ0v) is 14.6. The van der Waals surface area contributed by atoms with Gasteiger partial charge in [-0.05, 0) is 32.3 Å². The second-order valence-corrected chi connectivity index (χ2v) is 7.02. The number of nitrogens with zero attached hydrogens (tertiary/aromatic N) is 4. The van der Waals surface area contributed by atoms with Crippen LogP contribution in [0.4, 0.5) is 5.82 Å². The smallest absolute Gasteiger partial charge is 0.179 e. The Morgan fingerprint density at radius 3 is 3.08 bits per heavy atom. The van der Waals surface area contributed by atoms with E-state index in [9.17, 15) is 0 Å². The van der Waals surface area contributed by atoms with E-state index in [1.165, 1.54) is 4.88 Å². The fourth-order valence-electron chi connectivity index (χ4n) is 2.87. The standard InChI is InChI=1S/C16H20N6OS/c1-3-10-7-11-14(18-9(2)19-16(11)24-10)17-8-13-20-15(22-21-13)12-5-4-6-23-12/h7,12H,3-6,8H2,1-2H3,(H,17,18,19)(H,20,21,22). The fraction of sp³-hybridized carbons (Fsp3) is 0.500. The van der Waals surface area contributed by atoms with Crippen molar-refractivity contribution < 1.29 is 4.74 Å². The highest BCUT2D eigenvalue weighted by molar-refractivity contribution is 7.18. The fourth-order valence-corrected chi connectivity index (χ4v) is 3.88. The minimum atomic E-state index is 0.0342. The van der Waals surface area contributed by atoms with E-state index in [-0.39, 0.29) is 6.10 Å². The molecule has 1 aliphatic heterocycles. The van der Waals surface area contributed by atoms with Crippen molar-refractivity contribution in [2.75, 3.05) is 11.9 Å². The summed E-state index contributed by atoms with van der Waals surface area (Å²) in [5, 5.41) is 11.7. The van der Waals surface area contributed by atoms with Gasteiger partial charge in [-0.25, -0.2) is 15.0 Å². The molecule has 1 saturated heterocycles. The SMILES string of the molecule is CCc1cc2c(NCc3nc(C4CCCO4)n[nH]3)nc(C)nc2s1. The molecule has 24 heavy (non-hydrogen) atoms.